The molecule has 1 aliphatic carbocycles. The molecule has 16 N–H and O–H groups in total. The minimum Gasteiger partial charge on any atom is -0.504 e. The first-order valence-corrected chi connectivity index (χ1v) is 32.1. The van der Waals surface area contributed by atoms with Gasteiger partial charge >= 0.3 is 0 Å². The third-order valence-corrected chi connectivity index (χ3v) is 18.4. The highest BCUT2D eigenvalue weighted by atomic mass is 32.1. The number of hydrogen-bond donors (Lipinski definition) is 14. The summed E-state index contributed by atoms with van der Waals surface area (Å²) in [7, 11) is 0. The first kappa shape index (κ1) is 68.7. The van der Waals surface area contributed by atoms with Crippen molar-refractivity contribution in [2.24, 2.45) is 17.4 Å². The van der Waals surface area contributed by atoms with Crippen LogP contribution in [0.25, 0.3) is 21.1 Å². The minimum atomic E-state index is -2.04. The van der Waals surface area contributed by atoms with Crippen molar-refractivity contribution in [1.82, 2.24) is 46.6 Å². The molecular weight excluding hydrogens is 1210 g/mol. The van der Waals surface area contributed by atoms with Crippen LogP contribution in [0.1, 0.15) is 81.1 Å². The van der Waals surface area contributed by atoms with Crippen LogP contribution in [0, 0.1) is 5.92 Å². The molecular formula is C63H84N12O16S. The Hall–Kier alpha value is -7.71. The third kappa shape index (κ3) is 16.7. The standard InChI is InChI=1S/C63H84N12O16S/c1-33-31-75-53(54(33)82)59(87)66-30-40(77)28-44(67-55(83)36-9-11-37(12-10-36)60-71-72-61(92-60)38-13-15-39(16-14-38)73-23-19-43(20-24-73)91-42-6-4-3-5-7-42)56(84)68-50(34(2)76)62(88)74-32-41(78)29-45(74)57(85)69-51(58(86)70-52(63(75)89)47(80)18-21-64)48(81)26-35-8-17-46(79)49(27-35)90-25-22-65/h4,6,8-17,27,33-34,40-45,47-48,50-54,76-82H,3,5,7,18-26,28-32,64-65H2,1-2H3,(H,66,87)(H,67,83)(H,68,84)(H,69,85)(H,70,86)/t33-,34+,40+,41+,42?,44?,45-,47+,48+,50-,51-,52-,53-,54-/m0/s1. The first-order valence-electron chi connectivity index (χ1n) is 31.3. The van der Waals surface area contributed by atoms with Gasteiger partial charge in [0, 0.05) is 86.8 Å². The number of hydrogen-bond acceptors (Lipinski definition) is 22. The van der Waals surface area contributed by atoms with Crippen molar-refractivity contribution < 1.29 is 78.8 Å². The number of benzene rings is 3. The zero-order valence-corrected chi connectivity index (χ0v) is 52.1. The van der Waals surface area contributed by atoms with Crippen molar-refractivity contribution in [2.45, 2.75) is 157 Å². The topological polar surface area (TPSA) is 427 Å². The van der Waals surface area contributed by atoms with Gasteiger partial charge < -0.3 is 98.0 Å². The van der Waals surface area contributed by atoms with Crippen molar-refractivity contribution >= 4 is 58.4 Å². The maximum absolute atomic E-state index is 14.7. The van der Waals surface area contributed by atoms with Gasteiger partial charge in [-0.25, -0.2) is 0 Å². The summed E-state index contributed by atoms with van der Waals surface area (Å²) in [6, 6.07) is 7.40. The monoisotopic (exact) mass is 1300 g/mol. The average molecular weight is 1300 g/mol. The van der Waals surface area contributed by atoms with Crippen LogP contribution in [0.4, 0.5) is 5.69 Å². The van der Waals surface area contributed by atoms with Gasteiger partial charge in [-0.15, -0.1) is 10.2 Å². The van der Waals surface area contributed by atoms with Crippen LogP contribution in [0.2, 0.25) is 0 Å². The van der Waals surface area contributed by atoms with Gasteiger partial charge in [0.05, 0.1) is 48.8 Å². The number of nitrogens with one attached hydrogen (secondary N) is 5. The Kier molecular flexibility index (Phi) is 23.3. The van der Waals surface area contributed by atoms with Crippen LogP contribution in [0.5, 0.6) is 11.5 Å². The normalized spacial score (nSPS) is 27.6. The van der Waals surface area contributed by atoms with E-state index in [0.717, 1.165) is 73.2 Å². The van der Waals surface area contributed by atoms with Crippen molar-refractivity contribution in [3.8, 4) is 32.6 Å². The van der Waals surface area contributed by atoms with E-state index < -0.39 is 152 Å². The number of fused-ring (bicyclic) bond motifs is 2. The molecule has 0 saturated carbocycles. The molecule has 4 fully saturated rings. The molecule has 0 spiro atoms. The van der Waals surface area contributed by atoms with Crippen LogP contribution in [0.3, 0.4) is 0 Å². The number of β-amino-alcohol motifs (C(OH)–C–C–N with tert-alkyl or cyclic N) is 1. The predicted octanol–water partition coefficient (Wildman–Crippen LogP) is -1.69. The van der Waals surface area contributed by atoms with E-state index in [1.165, 1.54) is 48.6 Å². The summed E-state index contributed by atoms with van der Waals surface area (Å²) in [6.45, 7) is 2.85. The maximum atomic E-state index is 14.7. The molecule has 28 nitrogen and oxygen atoms in total. The Morgan fingerprint density at radius 3 is 2.08 bits per heavy atom. The number of ether oxygens (including phenoxy) is 2. The second-order valence-electron chi connectivity index (χ2n) is 24.3. The van der Waals surface area contributed by atoms with E-state index in [4.69, 9.17) is 20.9 Å². The summed E-state index contributed by atoms with van der Waals surface area (Å²) in [6.07, 6.45) is -1.80. The van der Waals surface area contributed by atoms with Gasteiger partial charge in [0.2, 0.25) is 35.4 Å². The zero-order chi connectivity index (χ0) is 65.9. The van der Waals surface area contributed by atoms with Crippen LogP contribution in [0.15, 0.2) is 78.9 Å². The molecule has 2 unspecified atom stereocenters. The number of phenols is 1. The summed E-state index contributed by atoms with van der Waals surface area (Å²) < 4.78 is 11.9. The molecule has 5 aliphatic rings. The fraction of sp³-hybridized carbons (Fsp3) is 0.540. The zero-order valence-electron chi connectivity index (χ0n) is 51.3. The lowest BCUT2D eigenvalue weighted by Gasteiger charge is -2.35. The molecule has 0 radical (unpaired) electrons. The fourth-order valence-corrected chi connectivity index (χ4v) is 13.1. The number of nitrogens with zero attached hydrogens (tertiary/aromatic N) is 5. The van der Waals surface area contributed by atoms with Gasteiger partial charge in [0.25, 0.3) is 5.91 Å². The van der Waals surface area contributed by atoms with E-state index >= 15 is 0 Å². The lowest BCUT2D eigenvalue weighted by Crippen LogP contribution is -2.64. The van der Waals surface area contributed by atoms with Crippen LogP contribution < -0.4 is 47.7 Å². The van der Waals surface area contributed by atoms with E-state index in [0.29, 0.717) is 15.6 Å². The summed E-state index contributed by atoms with van der Waals surface area (Å²) >= 11 is 1.34. The molecule has 9 rings (SSSR count). The molecule has 4 aliphatic heterocycles. The Labute approximate surface area is 535 Å². The number of carbonyl (C=O) groups is 7. The number of rotatable bonds is 17. The van der Waals surface area contributed by atoms with Crippen LogP contribution in [-0.4, -0.2) is 235 Å². The van der Waals surface area contributed by atoms with Crippen LogP contribution in [-0.2, 0) is 39.9 Å². The fourth-order valence-electron chi connectivity index (χ4n) is 12.3. The maximum Gasteiger partial charge on any atom is 0.251 e. The Morgan fingerprint density at radius 2 is 1.42 bits per heavy atom. The number of allylic oxidation sites excluding steroid dienone is 1. The lowest BCUT2D eigenvalue weighted by molar-refractivity contribution is -0.147. The summed E-state index contributed by atoms with van der Waals surface area (Å²) in [5, 5.41) is 102. The number of aromatic nitrogens is 2. The molecule has 29 heteroatoms. The molecule has 7 amide bonds. The van der Waals surface area contributed by atoms with Crippen molar-refractivity contribution in [3.63, 3.8) is 0 Å². The molecule has 5 heterocycles. The summed E-state index contributed by atoms with van der Waals surface area (Å²) in [5.41, 5.74) is 14.3. The van der Waals surface area contributed by atoms with E-state index in [-0.39, 0.29) is 67.5 Å². The molecule has 92 heavy (non-hydrogen) atoms. The van der Waals surface area contributed by atoms with Gasteiger partial charge in [0.15, 0.2) is 11.5 Å². The van der Waals surface area contributed by atoms with Gasteiger partial charge in [-0.3, -0.25) is 33.6 Å². The highest BCUT2D eigenvalue weighted by molar-refractivity contribution is 7.17. The number of aliphatic hydroxyl groups excluding tert-OH is 6. The third-order valence-electron chi connectivity index (χ3n) is 17.4. The van der Waals surface area contributed by atoms with E-state index in [9.17, 15) is 69.3 Å². The number of piperidine rings is 1. The number of amides is 7. The molecule has 1 aromatic heterocycles. The Balaban J connectivity index is 0.948. The van der Waals surface area contributed by atoms with Crippen molar-refractivity contribution in [2.75, 3.05) is 57.3 Å². The second-order valence-corrected chi connectivity index (χ2v) is 25.2. The molecule has 3 aromatic carbocycles. The number of aromatic hydroxyl groups is 1. The van der Waals surface area contributed by atoms with Gasteiger partial charge in [-0.2, -0.15) is 0 Å². The minimum absolute atomic E-state index is 0.00462. The largest absolute Gasteiger partial charge is 0.504 e. The second kappa shape index (κ2) is 31.3. The summed E-state index contributed by atoms with van der Waals surface area (Å²) in [4.78, 5) is 106. The number of phenolic OH excluding ortho intramolecular Hbond substituents is 1. The van der Waals surface area contributed by atoms with Gasteiger partial charge in [-0.05, 0) is 106 Å². The van der Waals surface area contributed by atoms with E-state index in [1.54, 1.807) is 12.1 Å². The first-order chi connectivity index (χ1) is 44.1. The molecule has 0 bridgehead atoms. The Bertz CT molecular complexity index is 3260. The average Bonchev–Trinajstić information content (AvgIpc) is 1.67. The SMILES string of the molecule is C[C@@H](O)[C@@H]1NC(=O)C(NC(=O)c2ccc(-c3nnc(-c4ccc(N5CCC(OC6C=CCCC6)CC5)cc4)s3)cc2)C[C@@H](O)CNC(=O)[C@@H]2[C@@H](O)[C@@H](C)CN2C(=O)[C@H]([C@H](O)CCN)NC(=O)[C@H]([C@H](O)Cc2ccc(O)c(OCCN)c2)NC(=O)[C@@H]2C[C@@H](O)CN2C1=O. The summed E-state index contributed by atoms with van der Waals surface area (Å²) in [5.74, 6) is -8.63. The molecule has 4 saturated heterocycles. The quantitative estimate of drug-likeness (QED) is 0.0524. The van der Waals surface area contributed by atoms with E-state index in [2.05, 4.69) is 66.0 Å². The lowest BCUT2D eigenvalue weighted by atomic mass is 9.98. The van der Waals surface area contributed by atoms with E-state index in [1.807, 2.05) is 12.1 Å². The number of nitrogens with two attached hydrogens (primary N) is 2. The highest BCUT2D eigenvalue weighted by Gasteiger charge is 2.50. The number of aliphatic hydroxyl groups is 6. The molecule has 14 atom stereocenters. The van der Waals surface area contributed by atoms with Crippen molar-refractivity contribution in [3.05, 3.63) is 90.0 Å². The molecule has 4 aromatic rings. The Morgan fingerprint density at radius 1 is 0.761 bits per heavy atom. The van der Waals surface area contributed by atoms with Crippen molar-refractivity contribution in [1.29, 1.82) is 0 Å². The predicted molar refractivity (Wildman–Crippen MR) is 335 cm³/mol. The van der Waals surface area contributed by atoms with Gasteiger partial charge in [-0.1, -0.05) is 48.6 Å². The highest BCUT2D eigenvalue weighted by Crippen LogP contribution is 2.34. The molecule has 498 valence electrons. The number of carbonyl (C=O) groups excluding carboxylic acids is 7. The number of anilines is 1. The van der Waals surface area contributed by atoms with Crippen LogP contribution >= 0.6 is 11.3 Å². The van der Waals surface area contributed by atoms with Gasteiger partial charge in [0.1, 0.15) is 52.9 Å². The smallest absolute Gasteiger partial charge is 0.251 e.